The number of nitrogens with one attached hydrogen (secondary N) is 2. The normalized spacial score (nSPS) is 39.4. The van der Waals surface area contributed by atoms with Crippen molar-refractivity contribution < 1.29 is 29.6 Å². The van der Waals surface area contributed by atoms with E-state index in [0.29, 0.717) is 38.7 Å². The summed E-state index contributed by atoms with van der Waals surface area (Å²) in [5, 5.41) is 41.9. The van der Waals surface area contributed by atoms with E-state index in [0.717, 1.165) is 46.6 Å². The maximum absolute atomic E-state index is 13.3. The topological polar surface area (TPSA) is 157 Å². The molecule has 4 saturated carbocycles. The van der Waals surface area contributed by atoms with Gasteiger partial charge in [0.2, 0.25) is 0 Å². The van der Waals surface area contributed by atoms with Gasteiger partial charge in [-0.05, 0) is 86.8 Å². The van der Waals surface area contributed by atoms with E-state index in [1.807, 2.05) is 24.3 Å². The van der Waals surface area contributed by atoms with Crippen LogP contribution < -0.4 is 5.43 Å². The lowest BCUT2D eigenvalue weighted by Crippen LogP contribution is -2.68. The van der Waals surface area contributed by atoms with Crippen LogP contribution in [0.1, 0.15) is 75.2 Å². The highest BCUT2D eigenvalue weighted by atomic mass is 16.5. The second-order valence-electron chi connectivity index (χ2n) is 14.5. The molecule has 8 rings (SSSR count). The van der Waals surface area contributed by atoms with Crippen molar-refractivity contribution in [3.05, 3.63) is 53.9 Å². The molecule has 0 spiro atoms. The number of nitrogens with zero attached hydrogens (tertiary/aromatic N) is 2. The first-order valence-corrected chi connectivity index (χ1v) is 16.3. The molecule has 1 aliphatic heterocycles. The van der Waals surface area contributed by atoms with E-state index < -0.39 is 34.0 Å². The maximum Gasteiger partial charge on any atom is 0.331 e. The summed E-state index contributed by atoms with van der Waals surface area (Å²) < 4.78 is 5.26. The number of fused-ring (bicyclic) bond motifs is 8. The summed E-state index contributed by atoms with van der Waals surface area (Å²) in [6.45, 7) is 2.45. The van der Waals surface area contributed by atoms with Crippen LogP contribution in [0.3, 0.4) is 0 Å². The van der Waals surface area contributed by atoms with Crippen LogP contribution in [-0.4, -0.2) is 67.3 Å². The molecule has 4 fully saturated rings. The SMILES string of the molecule is C[C@]12CC[C@H]3[C@@H](CC[C@]4(O)C[C@H](O)CC[C@]34/C=N\NC(=O)c3cc4c(cn3)[nH]c3ccccc34)[C@@]1(O)CC[C@@H]2C1=CC(=O)OC1. The molecular formula is C35H40N4O6. The number of ether oxygens (including phenoxy) is 1. The fraction of sp³-hybridized carbons (Fsp3) is 0.543. The second kappa shape index (κ2) is 9.95. The lowest BCUT2D eigenvalue weighted by Gasteiger charge is -2.65. The Morgan fingerprint density at radius 3 is 2.71 bits per heavy atom. The number of pyridine rings is 1. The smallest absolute Gasteiger partial charge is 0.331 e. The van der Waals surface area contributed by atoms with Crippen molar-refractivity contribution in [2.75, 3.05) is 6.61 Å². The predicted octanol–water partition coefficient (Wildman–Crippen LogP) is 4.14. The van der Waals surface area contributed by atoms with E-state index in [4.69, 9.17) is 4.74 Å². The molecule has 10 nitrogen and oxygen atoms in total. The van der Waals surface area contributed by atoms with Crippen molar-refractivity contribution in [1.82, 2.24) is 15.4 Å². The number of carbonyl (C=O) groups excluding carboxylic acids is 2. The Morgan fingerprint density at radius 2 is 1.89 bits per heavy atom. The second-order valence-corrected chi connectivity index (χ2v) is 14.5. The number of para-hydroxylation sites is 1. The van der Waals surface area contributed by atoms with Gasteiger partial charge in [-0.1, -0.05) is 25.1 Å². The van der Waals surface area contributed by atoms with Crippen LogP contribution in [0.5, 0.6) is 0 Å². The molecule has 4 aliphatic carbocycles. The standard InChI is InChI=1S/C35H40N4O6/c1-32-10-7-25-26(35(32,44)13-9-24(32)20-14-30(41)45-18-20)8-12-34(43)16-21(40)6-11-33(25,34)19-37-39-31(42)28-15-23-22-4-2-3-5-27(22)38-29(23)17-36-28/h2-5,14-15,17,19,21,24-26,38,40,43-44H,6-13,16,18H2,1H3,(H,39,42)/b37-19-/t21-,24-,25+,26-,32-,33+,34+,35+/m1/s1. The summed E-state index contributed by atoms with van der Waals surface area (Å²) in [7, 11) is 0. The molecule has 0 radical (unpaired) electrons. The monoisotopic (exact) mass is 612 g/mol. The van der Waals surface area contributed by atoms with Gasteiger partial charge in [0.25, 0.3) is 5.91 Å². The number of benzene rings is 1. The number of hydrazone groups is 1. The summed E-state index contributed by atoms with van der Waals surface area (Å²) >= 11 is 0. The Kier molecular flexibility index (Phi) is 6.38. The van der Waals surface area contributed by atoms with Crippen LogP contribution in [-0.2, 0) is 9.53 Å². The van der Waals surface area contributed by atoms with E-state index in [1.165, 1.54) is 0 Å². The van der Waals surface area contributed by atoms with E-state index >= 15 is 0 Å². The van der Waals surface area contributed by atoms with Gasteiger partial charge in [0.15, 0.2) is 0 Å². The van der Waals surface area contributed by atoms with E-state index in [1.54, 1.807) is 24.6 Å². The summed E-state index contributed by atoms with van der Waals surface area (Å²) in [6, 6.07) is 9.65. The summed E-state index contributed by atoms with van der Waals surface area (Å²) in [5.74, 6) is -0.873. The van der Waals surface area contributed by atoms with E-state index in [-0.39, 0.29) is 35.8 Å². The molecule has 5 aliphatic rings. The van der Waals surface area contributed by atoms with Crippen molar-refractivity contribution in [3.63, 3.8) is 0 Å². The first kappa shape index (κ1) is 28.8. The molecule has 1 amide bonds. The Balaban J connectivity index is 1.10. The molecule has 45 heavy (non-hydrogen) atoms. The van der Waals surface area contributed by atoms with Gasteiger partial charge >= 0.3 is 5.97 Å². The zero-order valence-corrected chi connectivity index (χ0v) is 25.5. The molecule has 5 N–H and O–H groups in total. The van der Waals surface area contributed by atoms with Crippen LogP contribution >= 0.6 is 0 Å². The Morgan fingerprint density at radius 1 is 1.07 bits per heavy atom. The van der Waals surface area contributed by atoms with Crippen LogP contribution in [0.15, 0.2) is 53.3 Å². The van der Waals surface area contributed by atoms with Crippen molar-refractivity contribution >= 4 is 39.9 Å². The van der Waals surface area contributed by atoms with Gasteiger partial charge in [0.1, 0.15) is 12.3 Å². The highest BCUT2D eigenvalue weighted by Gasteiger charge is 2.71. The van der Waals surface area contributed by atoms with Gasteiger partial charge in [-0.2, -0.15) is 5.10 Å². The van der Waals surface area contributed by atoms with Crippen molar-refractivity contribution in [3.8, 4) is 0 Å². The Labute approximate surface area is 260 Å². The lowest BCUT2D eigenvalue weighted by atomic mass is 9.41. The number of aliphatic hydroxyl groups excluding tert-OH is 1. The Hall–Kier alpha value is -3.60. The van der Waals surface area contributed by atoms with Crippen molar-refractivity contribution in [2.45, 2.75) is 82.0 Å². The fourth-order valence-electron chi connectivity index (χ4n) is 10.5. The minimum atomic E-state index is -1.21. The third kappa shape index (κ3) is 4.04. The van der Waals surface area contributed by atoms with Crippen LogP contribution in [0, 0.1) is 28.6 Å². The zero-order chi connectivity index (χ0) is 31.2. The van der Waals surface area contributed by atoms with Gasteiger partial charge in [-0.15, -0.1) is 0 Å². The molecule has 2 aromatic heterocycles. The molecule has 3 heterocycles. The maximum atomic E-state index is 13.3. The van der Waals surface area contributed by atoms with Crippen LogP contribution in [0.4, 0.5) is 0 Å². The third-order valence-electron chi connectivity index (χ3n) is 12.7. The number of esters is 1. The van der Waals surface area contributed by atoms with E-state index in [2.05, 4.69) is 27.4 Å². The van der Waals surface area contributed by atoms with Crippen LogP contribution in [0.2, 0.25) is 0 Å². The minimum absolute atomic E-state index is 0.0646. The number of cyclic esters (lactones) is 1. The number of hydrogen-bond acceptors (Lipinski definition) is 8. The molecule has 236 valence electrons. The van der Waals surface area contributed by atoms with Gasteiger partial charge in [-0.25, -0.2) is 15.2 Å². The highest BCUT2D eigenvalue weighted by molar-refractivity contribution is 6.09. The fourth-order valence-corrected chi connectivity index (χ4v) is 10.5. The van der Waals surface area contributed by atoms with Crippen LogP contribution in [0.25, 0.3) is 21.8 Å². The molecular weight excluding hydrogens is 572 g/mol. The van der Waals surface area contributed by atoms with Gasteiger partial charge in [0.05, 0.1) is 29.0 Å². The molecule has 8 atom stereocenters. The summed E-state index contributed by atoms with van der Waals surface area (Å²) in [4.78, 5) is 32.9. The number of rotatable bonds is 4. The van der Waals surface area contributed by atoms with Gasteiger partial charge in [0, 0.05) is 45.8 Å². The zero-order valence-electron chi connectivity index (χ0n) is 25.5. The molecule has 1 aromatic carbocycles. The highest BCUT2D eigenvalue weighted by Crippen LogP contribution is 2.70. The first-order valence-electron chi connectivity index (χ1n) is 16.3. The van der Waals surface area contributed by atoms with Gasteiger partial charge < -0.3 is 25.0 Å². The minimum Gasteiger partial charge on any atom is -0.458 e. The summed E-state index contributed by atoms with van der Waals surface area (Å²) in [6.07, 6.45) is 9.58. The predicted molar refractivity (Wildman–Crippen MR) is 167 cm³/mol. The number of hydrogen-bond donors (Lipinski definition) is 5. The molecule has 10 heteroatoms. The number of aliphatic hydroxyl groups is 3. The first-order chi connectivity index (χ1) is 21.6. The molecule has 0 saturated heterocycles. The summed E-state index contributed by atoms with van der Waals surface area (Å²) in [5.41, 5.74) is 2.27. The number of amides is 1. The third-order valence-corrected chi connectivity index (χ3v) is 12.7. The lowest BCUT2D eigenvalue weighted by molar-refractivity contribution is -0.237. The molecule has 0 bridgehead atoms. The van der Waals surface area contributed by atoms with Crippen molar-refractivity contribution in [2.24, 2.45) is 33.7 Å². The number of carbonyl (C=O) groups is 2. The molecule has 0 unspecified atom stereocenters. The van der Waals surface area contributed by atoms with Gasteiger partial charge in [-0.3, -0.25) is 4.79 Å². The number of aromatic nitrogens is 2. The van der Waals surface area contributed by atoms with Crippen molar-refractivity contribution in [1.29, 1.82) is 0 Å². The number of H-pyrrole nitrogens is 1. The largest absolute Gasteiger partial charge is 0.458 e. The average Bonchev–Trinajstić information content (AvgIpc) is 3.69. The molecule has 3 aromatic rings. The average molecular weight is 613 g/mol. The quantitative estimate of drug-likeness (QED) is 0.168. The number of aromatic amines is 1. The van der Waals surface area contributed by atoms with E-state index in [9.17, 15) is 24.9 Å². The Bertz CT molecular complexity index is 1780.